The van der Waals surface area contributed by atoms with Crippen molar-refractivity contribution in [2.45, 2.75) is 26.2 Å². The molecule has 3 aromatic rings. The van der Waals surface area contributed by atoms with Crippen molar-refractivity contribution in [2.24, 2.45) is 5.73 Å². The van der Waals surface area contributed by atoms with E-state index in [-0.39, 0.29) is 18.3 Å². The quantitative estimate of drug-likeness (QED) is 0.628. The van der Waals surface area contributed by atoms with E-state index in [9.17, 15) is 10.1 Å². The molecule has 2 aromatic heterocycles. The number of nitrogens with two attached hydrogens (primary N) is 1. The molecule has 1 amide bonds. The van der Waals surface area contributed by atoms with Crippen molar-refractivity contribution in [3.05, 3.63) is 47.2 Å². The first-order chi connectivity index (χ1) is 15.6. The lowest BCUT2D eigenvalue weighted by Crippen LogP contribution is -2.37. The highest BCUT2D eigenvalue weighted by atomic mass is 16.5. The fourth-order valence-corrected chi connectivity index (χ4v) is 3.66. The second kappa shape index (κ2) is 9.58. The molecular weight excluding hydrogens is 408 g/mol. The van der Waals surface area contributed by atoms with Crippen LogP contribution in [0.3, 0.4) is 0 Å². The number of hydrogen-bond donors (Lipinski definition) is 1. The predicted octanol–water partition coefficient (Wildman–Crippen LogP) is 2.34. The van der Waals surface area contributed by atoms with Crippen LogP contribution in [0.25, 0.3) is 22.8 Å². The van der Waals surface area contributed by atoms with Gasteiger partial charge in [0.15, 0.2) is 0 Å². The van der Waals surface area contributed by atoms with Crippen molar-refractivity contribution in [1.29, 1.82) is 5.26 Å². The van der Waals surface area contributed by atoms with Crippen LogP contribution in [0.15, 0.2) is 35.0 Å². The Balaban J connectivity index is 1.56. The number of ether oxygens (including phenoxy) is 1. The third-order valence-electron chi connectivity index (χ3n) is 5.38. The molecule has 3 heterocycles. The highest BCUT2D eigenvalue weighted by Crippen LogP contribution is 2.27. The molecule has 32 heavy (non-hydrogen) atoms. The maximum absolute atomic E-state index is 12.0. The first kappa shape index (κ1) is 21.5. The summed E-state index contributed by atoms with van der Waals surface area (Å²) in [6.07, 6.45) is 3.91. The van der Waals surface area contributed by atoms with Crippen LogP contribution in [-0.4, -0.2) is 52.2 Å². The summed E-state index contributed by atoms with van der Waals surface area (Å²) in [5.41, 5.74) is 9.57. The van der Waals surface area contributed by atoms with Crippen LogP contribution in [-0.2, 0) is 17.6 Å². The van der Waals surface area contributed by atoms with E-state index in [0.717, 1.165) is 30.4 Å². The minimum atomic E-state index is -0.0303. The Morgan fingerprint density at radius 1 is 1.25 bits per heavy atom. The van der Waals surface area contributed by atoms with Gasteiger partial charge in [-0.05, 0) is 42.5 Å². The Labute approximate surface area is 185 Å². The molecule has 0 unspecified atom stereocenters. The predicted molar refractivity (Wildman–Crippen MR) is 117 cm³/mol. The molecule has 9 heteroatoms. The van der Waals surface area contributed by atoms with E-state index in [0.29, 0.717) is 42.5 Å². The first-order valence-corrected chi connectivity index (χ1v) is 10.6. The molecule has 1 aliphatic heterocycles. The Morgan fingerprint density at radius 2 is 2.06 bits per heavy atom. The van der Waals surface area contributed by atoms with Crippen molar-refractivity contribution in [2.75, 3.05) is 26.2 Å². The lowest BCUT2D eigenvalue weighted by atomic mass is 10.00. The number of carbonyl (C=O) groups excluding carboxylic acids is 1. The van der Waals surface area contributed by atoms with Gasteiger partial charge in [-0.2, -0.15) is 10.2 Å². The molecule has 0 bridgehead atoms. The van der Waals surface area contributed by atoms with Gasteiger partial charge in [0.05, 0.1) is 18.7 Å². The molecule has 0 saturated carbocycles. The average molecular weight is 432 g/mol. The summed E-state index contributed by atoms with van der Waals surface area (Å²) >= 11 is 0. The molecule has 4 rings (SSSR count). The number of hydrogen-bond acceptors (Lipinski definition) is 8. The Hall–Kier alpha value is -3.77. The average Bonchev–Trinajstić information content (AvgIpc) is 3.23. The SMILES string of the molecule is CCCOc1ncc(-c2nc(-c3ccc4c(c3)CCN(C(=O)CN)CC4)no2)cc1C#N. The normalized spacial score (nSPS) is 13.2. The molecule has 2 N–H and O–H groups in total. The van der Waals surface area contributed by atoms with Crippen molar-refractivity contribution >= 4 is 5.91 Å². The molecule has 0 fully saturated rings. The zero-order valence-electron chi connectivity index (χ0n) is 17.9. The van der Waals surface area contributed by atoms with Crippen LogP contribution in [0, 0.1) is 11.3 Å². The zero-order chi connectivity index (χ0) is 22.5. The topological polar surface area (TPSA) is 131 Å². The van der Waals surface area contributed by atoms with E-state index >= 15 is 0 Å². The highest BCUT2D eigenvalue weighted by molar-refractivity contribution is 5.78. The smallest absolute Gasteiger partial charge is 0.259 e. The number of nitrogens with zero attached hydrogens (tertiary/aromatic N) is 5. The molecular formula is C23H24N6O3. The van der Waals surface area contributed by atoms with Crippen LogP contribution in [0.1, 0.15) is 30.0 Å². The van der Waals surface area contributed by atoms with Crippen LogP contribution >= 0.6 is 0 Å². The molecule has 0 spiro atoms. The highest BCUT2D eigenvalue weighted by Gasteiger charge is 2.19. The van der Waals surface area contributed by atoms with Crippen molar-refractivity contribution in [1.82, 2.24) is 20.0 Å². The van der Waals surface area contributed by atoms with Gasteiger partial charge in [0.25, 0.3) is 5.89 Å². The van der Waals surface area contributed by atoms with Gasteiger partial charge in [-0.25, -0.2) is 4.98 Å². The number of carbonyl (C=O) groups is 1. The summed E-state index contributed by atoms with van der Waals surface area (Å²) in [4.78, 5) is 22.5. The minimum Gasteiger partial charge on any atom is -0.477 e. The number of benzene rings is 1. The third kappa shape index (κ3) is 4.45. The maximum atomic E-state index is 12.0. The zero-order valence-corrected chi connectivity index (χ0v) is 17.9. The minimum absolute atomic E-state index is 0.0291. The van der Waals surface area contributed by atoms with Gasteiger partial charge in [0, 0.05) is 24.8 Å². The maximum Gasteiger partial charge on any atom is 0.259 e. The second-order valence-corrected chi connectivity index (χ2v) is 7.53. The summed E-state index contributed by atoms with van der Waals surface area (Å²) in [7, 11) is 0. The summed E-state index contributed by atoms with van der Waals surface area (Å²) in [6, 6.07) is 9.77. The van der Waals surface area contributed by atoms with Crippen LogP contribution < -0.4 is 10.5 Å². The summed E-state index contributed by atoms with van der Waals surface area (Å²) in [5.74, 6) is 0.996. The van der Waals surface area contributed by atoms with E-state index in [1.807, 2.05) is 25.1 Å². The van der Waals surface area contributed by atoms with Gasteiger partial charge < -0.3 is 19.9 Å². The molecule has 0 radical (unpaired) electrons. The summed E-state index contributed by atoms with van der Waals surface area (Å²) in [6.45, 7) is 3.81. The fourth-order valence-electron chi connectivity index (χ4n) is 3.66. The van der Waals surface area contributed by atoms with Crippen molar-refractivity contribution in [3.8, 4) is 34.8 Å². The van der Waals surface area contributed by atoms with Gasteiger partial charge in [-0.1, -0.05) is 24.2 Å². The van der Waals surface area contributed by atoms with Gasteiger partial charge in [-0.3, -0.25) is 4.79 Å². The van der Waals surface area contributed by atoms with Crippen molar-refractivity contribution in [3.63, 3.8) is 0 Å². The summed E-state index contributed by atoms with van der Waals surface area (Å²) in [5, 5.41) is 13.5. The number of nitriles is 1. The molecule has 164 valence electrons. The van der Waals surface area contributed by atoms with Gasteiger partial charge in [0.1, 0.15) is 11.6 Å². The standard InChI is InChI=1S/C23H24N6O3/c1-2-9-31-22-18(12-24)11-19(14-26-22)23-27-21(28-32-23)17-4-3-15-5-7-29(20(30)13-25)8-6-16(15)10-17/h3-4,10-11,14H,2,5-9,13,25H2,1H3. The number of aromatic nitrogens is 3. The van der Waals surface area contributed by atoms with Crippen molar-refractivity contribution < 1.29 is 14.1 Å². The Kier molecular flexibility index (Phi) is 6.42. The lowest BCUT2D eigenvalue weighted by molar-refractivity contribution is -0.129. The van der Waals surface area contributed by atoms with E-state index in [2.05, 4.69) is 21.2 Å². The summed E-state index contributed by atoms with van der Waals surface area (Å²) < 4.78 is 10.9. The van der Waals surface area contributed by atoms with Crippen LogP contribution in [0.4, 0.5) is 0 Å². The van der Waals surface area contributed by atoms with Crippen LogP contribution in [0.5, 0.6) is 5.88 Å². The largest absolute Gasteiger partial charge is 0.477 e. The van der Waals surface area contributed by atoms with E-state index < -0.39 is 0 Å². The molecule has 1 aliphatic rings. The monoisotopic (exact) mass is 432 g/mol. The van der Waals surface area contributed by atoms with Crippen LogP contribution in [0.2, 0.25) is 0 Å². The molecule has 0 aliphatic carbocycles. The number of amides is 1. The second-order valence-electron chi connectivity index (χ2n) is 7.53. The molecule has 1 aromatic carbocycles. The third-order valence-corrected chi connectivity index (χ3v) is 5.38. The molecule has 0 atom stereocenters. The van der Waals surface area contributed by atoms with E-state index in [4.69, 9.17) is 15.0 Å². The number of fused-ring (bicyclic) bond motifs is 1. The van der Waals surface area contributed by atoms with Gasteiger partial charge in [-0.15, -0.1) is 0 Å². The lowest BCUT2D eigenvalue weighted by Gasteiger charge is -2.18. The van der Waals surface area contributed by atoms with Gasteiger partial charge in [0.2, 0.25) is 17.6 Å². The Morgan fingerprint density at radius 3 is 2.81 bits per heavy atom. The van der Waals surface area contributed by atoms with E-state index in [1.165, 1.54) is 5.56 Å². The Bertz CT molecular complexity index is 1170. The molecule has 9 nitrogen and oxygen atoms in total. The fraction of sp³-hybridized carbons (Fsp3) is 0.348. The van der Waals surface area contributed by atoms with Gasteiger partial charge >= 0.3 is 0 Å². The first-order valence-electron chi connectivity index (χ1n) is 10.6. The molecule has 0 saturated heterocycles. The van der Waals surface area contributed by atoms with E-state index in [1.54, 1.807) is 17.2 Å². The number of pyridine rings is 1. The number of rotatable bonds is 6.